The number of hydrogen-bond donors (Lipinski definition) is 0. The molecule has 0 radical (unpaired) electrons. The van der Waals surface area contributed by atoms with Crippen LogP contribution in [0.2, 0.25) is 10.0 Å². The molecule has 1 saturated carbocycles. The van der Waals surface area contributed by atoms with Crippen LogP contribution in [0.1, 0.15) is 29.2 Å². The zero-order chi connectivity index (χ0) is 17.4. The number of rotatable bonds is 6. The smallest absolute Gasteiger partial charge is 0.192 e. The van der Waals surface area contributed by atoms with Crippen LogP contribution >= 0.6 is 46.3 Å². The van der Waals surface area contributed by atoms with Crippen LogP contribution in [0.5, 0.6) is 0 Å². The molecule has 2 aromatic heterocycles. The molecule has 4 nitrogen and oxygen atoms in total. The number of carbonyl (C=O) groups excluding carboxylic acids is 1. The van der Waals surface area contributed by atoms with Gasteiger partial charge < -0.3 is 0 Å². The van der Waals surface area contributed by atoms with E-state index < -0.39 is 0 Å². The van der Waals surface area contributed by atoms with Gasteiger partial charge in [0, 0.05) is 16.6 Å². The van der Waals surface area contributed by atoms with Gasteiger partial charge in [-0.15, -0.1) is 21.5 Å². The molecule has 25 heavy (non-hydrogen) atoms. The number of ketones is 1. The molecule has 0 N–H and O–H groups in total. The fourth-order valence-corrected chi connectivity index (χ4v) is 4.64. The highest BCUT2D eigenvalue weighted by molar-refractivity contribution is 7.99. The predicted molar refractivity (Wildman–Crippen MR) is 103 cm³/mol. The lowest BCUT2D eigenvalue weighted by Gasteiger charge is -2.08. The zero-order valence-electron chi connectivity index (χ0n) is 13.0. The molecule has 1 aliphatic carbocycles. The van der Waals surface area contributed by atoms with Crippen molar-refractivity contribution in [3.8, 4) is 10.7 Å². The third kappa shape index (κ3) is 3.62. The second kappa shape index (κ2) is 7.11. The summed E-state index contributed by atoms with van der Waals surface area (Å²) in [7, 11) is 0. The van der Waals surface area contributed by atoms with Crippen molar-refractivity contribution < 1.29 is 4.79 Å². The molecule has 128 valence electrons. The van der Waals surface area contributed by atoms with Crippen LogP contribution in [0.25, 0.3) is 10.7 Å². The third-order valence-electron chi connectivity index (χ3n) is 3.88. The summed E-state index contributed by atoms with van der Waals surface area (Å²) in [6.45, 7) is 0. The standard InChI is InChI=1S/C17H13Cl2N3OS2/c18-10-3-6-12(13(19)8-10)14(23)9-25-17-21-20-16(15-2-1-7-24-15)22(17)11-4-5-11/h1-3,6-8,11H,4-5,9H2. The number of halogens is 2. The minimum Gasteiger partial charge on any atom is -0.298 e. The summed E-state index contributed by atoms with van der Waals surface area (Å²) in [5, 5.41) is 12.4. The second-order valence-electron chi connectivity index (χ2n) is 5.72. The van der Waals surface area contributed by atoms with Gasteiger partial charge in [0.2, 0.25) is 0 Å². The van der Waals surface area contributed by atoms with E-state index in [0.29, 0.717) is 21.7 Å². The van der Waals surface area contributed by atoms with Gasteiger partial charge in [-0.25, -0.2) is 0 Å². The highest BCUT2D eigenvalue weighted by Gasteiger charge is 2.30. The summed E-state index contributed by atoms with van der Waals surface area (Å²) < 4.78 is 2.16. The molecule has 1 aromatic carbocycles. The van der Waals surface area contributed by atoms with Crippen LogP contribution in [0.4, 0.5) is 0 Å². The largest absolute Gasteiger partial charge is 0.298 e. The highest BCUT2D eigenvalue weighted by Crippen LogP contribution is 2.41. The van der Waals surface area contributed by atoms with Gasteiger partial charge in [0.1, 0.15) is 0 Å². The van der Waals surface area contributed by atoms with Crippen LogP contribution in [-0.4, -0.2) is 26.3 Å². The molecular formula is C17H13Cl2N3OS2. The minimum atomic E-state index is -0.0466. The lowest BCUT2D eigenvalue weighted by atomic mass is 10.1. The first-order chi connectivity index (χ1) is 12.1. The van der Waals surface area contributed by atoms with Crippen molar-refractivity contribution in [1.82, 2.24) is 14.8 Å². The summed E-state index contributed by atoms with van der Waals surface area (Å²) in [5.74, 6) is 1.10. The van der Waals surface area contributed by atoms with E-state index in [1.165, 1.54) is 11.8 Å². The molecule has 0 bridgehead atoms. The molecule has 0 amide bonds. The maximum atomic E-state index is 12.5. The number of thiophene rings is 1. The van der Waals surface area contributed by atoms with Gasteiger partial charge in [-0.1, -0.05) is 41.0 Å². The van der Waals surface area contributed by atoms with Crippen LogP contribution in [-0.2, 0) is 0 Å². The van der Waals surface area contributed by atoms with Crippen molar-refractivity contribution in [2.45, 2.75) is 24.0 Å². The number of Topliss-reactive ketones (excluding diaryl/α,β-unsaturated/α-hetero) is 1. The highest BCUT2D eigenvalue weighted by atomic mass is 35.5. The van der Waals surface area contributed by atoms with Crippen molar-refractivity contribution in [1.29, 1.82) is 0 Å². The average molecular weight is 410 g/mol. The zero-order valence-corrected chi connectivity index (χ0v) is 16.1. The van der Waals surface area contributed by atoms with Gasteiger partial charge in [-0.2, -0.15) is 0 Å². The number of nitrogens with zero attached hydrogens (tertiary/aromatic N) is 3. The summed E-state index contributed by atoms with van der Waals surface area (Å²) in [6, 6.07) is 9.40. The molecule has 0 atom stereocenters. The Kier molecular flexibility index (Phi) is 4.86. The second-order valence-corrected chi connectivity index (χ2v) is 8.45. The molecule has 8 heteroatoms. The fourth-order valence-electron chi connectivity index (χ4n) is 2.53. The molecule has 2 heterocycles. The van der Waals surface area contributed by atoms with Gasteiger partial charge in [-0.3, -0.25) is 9.36 Å². The Morgan fingerprint density at radius 2 is 2.12 bits per heavy atom. The molecule has 0 aliphatic heterocycles. The lowest BCUT2D eigenvalue weighted by molar-refractivity contribution is 0.102. The molecule has 0 saturated heterocycles. The average Bonchev–Trinajstić information content (AvgIpc) is 3.11. The normalized spacial score (nSPS) is 14.0. The van der Waals surface area contributed by atoms with Gasteiger partial charge in [0.05, 0.1) is 15.7 Å². The van der Waals surface area contributed by atoms with Gasteiger partial charge in [0.15, 0.2) is 16.8 Å². The lowest BCUT2D eigenvalue weighted by Crippen LogP contribution is -2.05. The fraction of sp³-hybridized carbons (Fsp3) is 0.235. The van der Waals surface area contributed by atoms with Crippen LogP contribution in [0, 0.1) is 0 Å². The Bertz CT molecular complexity index is 920. The Morgan fingerprint density at radius 3 is 2.80 bits per heavy atom. The molecule has 4 rings (SSSR count). The van der Waals surface area contributed by atoms with Crippen molar-refractivity contribution in [3.05, 3.63) is 51.3 Å². The number of hydrogen-bond acceptors (Lipinski definition) is 5. The first-order valence-corrected chi connectivity index (χ1v) is 10.4. The van der Waals surface area contributed by atoms with E-state index in [2.05, 4.69) is 14.8 Å². The molecule has 3 aromatic rings. The van der Waals surface area contributed by atoms with E-state index >= 15 is 0 Å². The topological polar surface area (TPSA) is 47.8 Å². The Morgan fingerprint density at radius 1 is 1.28 bits per heavy atom. The monoisotopic (exact) mass is 409 g/mol. The number of aromatic nitrogens is 3. The summed E-state index contributed by atoms with van der Waals surface area (Å²) >= 11 is 15.1. The van der Waals surface area contributed by atoms with Gasteiger partial charge in [-0.05, 0) is 42.5 Å². The maximum absolute atomic E-state index is 12.5. The van der Waals surface area contributed by atoms with E-state index in [1.807, 2.05) is 17.5 Å². The van der Waals surface area contributed by atoms with E-state index in [0.717, 1.165) is 28.7 Å². The van der Waals surface area contributed by atoms with Crippen molar-refractivity contribution in [2.24, 2.45) is 0 Å². The quantitative estimate of drug-likeness (QED) is 0.391. The molecule has 1 aliphatic rings. The van der Waals surface area contributed by atoms with E-state index in [1.54, 1.807) is 29.5 Å². The van der Waals surface area contributed by atoms with Crippen molar-refractivity contribution in [3.63, 3.8) is 0 Å². The van der Waals surface area contributed by atoms with Crippen LogP contribution in [0.15, 0.2) is 40.9 Å². The summed E-state index contributed by atoms with van der Waals surface area (Å²) in [4.78, 5) is 13.6. The maximum Gasteiger partial charge on any atom is 0.192 e. The summed E-state index contributed by atoms with van der Waals surface area (Å²) in [5.41, 5.74) is 0.481. The predicted octanol–water partition coefficient (Wildman–Crippen LogP) is 5.62. The van der Waals surface area contributed by atoms with Crippen molar-refractivity contribution >= 4 is 52.1 Å². The van der Waals surface area contributed by atoms with Gasteiger partial charge in [0.25, 0.3) is 0 Å². The summed E-state index contributed by atoms with van der Waals surface area (Å²) in [6.07, 6.45) is 2.25. The molecule has 0 spiro atoms. The Labute approximate surface area is 163 Å². The minimum absolute atomic E-state index is 0.0466. The van der Waals surface area contributed by atoms with Gasteiger partial charge >= 0.3 is 0 Å². The Balaban J connectivity index is 1.54. The van der Waals surface area contributed by atoms with Crippen molar-refractivity contribution in [2.75, 3.05) is 5.75 Å². The van der Waals surface area contributed by atoms with E-state index in [4.69, 9.17) is 23.2 Å². The molecular weight excluding hydrogens is 397 g/mol. The number of thioether (sulfide) groups is 1. The number of benzene rings is 1. The molecule has 1 fully saturated rings. The third-order valence-corrected chi connectivity index (χ3v) is 6.24. The first kappa shape index (κ1) is 17.1. The van der Waals surface area contributed by atoms with E-state index in [-0.39, 0.29) is 11.5 Å². The SMILES string of the molecule is O=C(CSc1nnc(-c2cccs2)n1C1CC1)c1ccc(Cl)cc1Cl. The molecule has 0 unspecified atom stereocenters. The first-order valence-electron chi connectivity index (χ1n) is 7.73. The van der Waals surface area contributed by atoms with E-state index in [9.17, 15) is 4.79 Å². The Hall–Kier alpha value is -1.34. The van der Waals surface area contributed by atoms with Crippen LogP contribution < -0.4 is 0 Å². The number of carbonyl (C=O) groups is 1. The van der Waals surface area contributed by atoms with Crippen LogP contribution in [0.3, 0.4) is 0 Å².